The Morgan fingerprint density at radius 1 is 1.32 bits per heavy atom. The third kappa shape index (κ3) is 4.14. The van der Waals surface area contributed by atoms with Crippen molar-refractivity contribution in [1.29, 1.82) is 0 Å². The molecule has 3 nitrogen and oxygen atoms in total. The first kappa shape index (κ1) is 14.2. The number of halogens is 2. The van der Waals surface area contributed by atoms with E-state index >= 15 is 0 Å². The zero-order valence-corrected chi connectivity index (χ0v) is 12.7. The van der Waals surface area contributed by atoms with E-state index in [1.54, 1.807) is 12.3 Å². The van der Waals surface area contributed by atoms with E-state index in [2.05, 4.69) is 47.0 Å². The van der Waals surface area contributed by atoms with E-state index in [0.29, 0.717) is 22.5 Å². The maximum atomic E-state index is 13.3. The van der Waals surface area contributed by atoms with E-state index in [-0.39, 0.29) is 11.4 Å². The summed E-state index contributed by atoms with van der Waals surface area (Å²) in [5.41, 5.74) is 1.43. The molecule has 102 valence electrons. The minimum absolute atomic E-state index is 0.0149. The Morgan fingerprint density at radius 2 is 2.05 bits per heavy atom. The Kier molecular flexibility index (Phi) is 4.06. The van der Waals surface area contributed by atoms with Gasteiger partial charge in [-0.15, -0.1) is 0 Å². The molecule has 0 spiro atoms. The van der Waals surface area contributed by atoms with Crippen LogP contribution in [0.2, 0.25) is 0 Å². The van der Waals surface area contributed by atoms with Crippen molar-refractivity contribution in [1.82, 2.24) is 10.3 Å². The first-order chi connectivity index (χ1) is 8.83. The fraction of sp³-hybridized carbons (Fsp3) is 0.357. The van der Waals surface area contributed by atoms with Crippen molar-refractivity contribution in [2.75, 3.05) is 0 Å². The molecule has 0 radical (unpaired) electrons. The van der Waals surface area contributed by atoms with Gasteiger partial charge < -0.3 is 9.73 Å². The molecule has 0 fully saturated rings. The molecule has 0 unspecified atom stereocenters. The van der Waals surface area contributed by atoms with Gasteiger partial charge in [0.25, 0.3) is 0 Å². The topological polar surface area (TPSA) is 38.1 Å². The largest absolute Gasteiger partial charge is 0.444 e. The van der Waals surface area contributed by atoms with E-state index in [1.165, 1.54) is 12.1 Å². The molecular formula is C14H16BrFN2O. The molecule has 1 aromatic carbocycles. The van der Waals surface area contributed by atoms with Crippen molar-refractivity contribution in [3.63, 3.8) is 0 Å². The number of oxazole rings is 1. The second kappa shape index (κ2) is 5.43. The minimum atomic E-state index is -0.322. The summed E-state index contributed by atoms with van der Waals surface area (Å²) in [6, 6.07) is 4.57. The van der Waals surface area contributed by atoms with Gasteiger partial charge in [-0.3, -0.25) is 0 Å². The summed E-state index contributed by atoms with van der Waals surface area (Å²) in [6.45, 7) is 6.86. The van der Waals surface area contributed by atoms with Crippen LogP contribution >= 0.6 is 15.9 Å². The Hall–Kier alpha value is -1.20. The maximum absolute atomic E-state index is 13.3. The Morgan fingerprint density at radius 3 is 2.68 bits per heavy atom. The van der Waals surface area contributed by atoms with Crippen LogP contribution in [0, 0.1) is 5.82 Å². The summed E-state index contributed by atoms with van der Waals surface area (Å²) in [7, 11) is 0. The predicted octanol–water partition coefficient (Wildman–Crippen LogP) is 4.13. The van der Waals surface area contributed by atoms with E-state index < -0.39 is 0 Å². The van der Waals surface area contributed by atoms with Gasteiger partial charge in [-0.1, -0.05) is 15.9 Å². The Bertz CT molecular complexity index is 555. The molecule has 19 heavy (non-hydrogen) atoms. The predicted molar refractivity (Wildman–Crippen MR) is 76.2 cm³/mol. The molecule has 1 aromatic heterocycles. The normalized spacial score (nSPS) is 11.8. The van der Waals surface area contributed by atoms with E-state index in [1.807, 2.05) is 0 Å². The number of aromatic nitrogens is 1. The summed E-state index contributed by atoms with van der Waals surface area (Å²) < 4.78 is 19.4. The molecule has 2 aromatic rings. The summed E-state index contributed by atoms with van der Waals surface area (Å²) in [5.74, 6) is 0.0999. The third-order valence-corrected chi connectivity index (χ3v) is 2.92. The molecule has 5 heteroatoms. The molecule has 0 aliphatic carbocycles. The maximum Gasteiger partial charge on any atom is 0.226 e. The van der Waals surface area contributed by atoms with E-state index in [4.69, 9.17) is 4.42 Å². The van der Waals surface area contributed by atoms with Gasteiger partial charge in [0.1, 0.15) is 12.1 Å². The molecule has 1 N–H and O–H groups in total. The fourth-order valence-corrected chi connectivity index (χ4v) is 2.02. The SMILES string of the molecule is CC(C)(C)NCc1coc(-c2cc(F)cc(Br)c2)n1. The van der Waals surface area contributed by atoms with Crippen molar-refractivity contribution in [2.45, 2.75) is 32.9 Å². The molecule has 0 aliphatic rings. The summed E-state index contributed by atoms with van der Waals surface area (Å²) in [5, 5.41) is 3.32. The van der Waals surface area contributed by atoms with E-state index in [0.717, 1.165) is 5.69 Å². The summed E-state index contributed by atoms with van der Waals surface area (Å²) in [6.07, 6.45) is 1.59. The number of rotatable bonds is 3. The lowest BCUT2D eigenvalue weighted by molar-refractivity contribution is 0.421. The standard InChI is InChI=1S/C14H16BrFN2O/c1-14(2,3)17-7-12-8-19-13(18-12)9-4-10(15)6-11(16)5-9/h4-6,8,17H,7H2,1-3H3. The second-order valence-corrected chi connectivity index (χ2v) is 6.32. The van der Waals surface area contributed by atoms with Crippen molar-refractivity contribution in [2.24, 2.45) is 0 Å². The van der Waals surface area contributed by atoms with Gasteiger partial charge in [0.15, 0.2) is 0 Å². The summed E-state index contributed by atoms with van der Waals surface area (Å²) in [4.78, 5) is 4.35. The highest BCUT2D eigenvalue weighted by molar-refractivity contribution is 9.10. The van der Waals surface area contributed by atoms with Gasteiger partial charge in [-0.25, -0.2) is 9.37 Å². The minimum Gasteiger partial charge on any atom is -0.444 e. The van der Waals surface area contributed by atoms with Gasteiger partial charge in [0, 0.05) is 22.1 Å². The lowest BCUT2D eigenvalue weighted by atomic mass is 10.1. The van der Waals surface area contributed by atoms with Gasteiger partial charge in [-0.05, 0) is 39.0 Å². The first-order valence-electron chi connectivity index (χ1n) is 5.99. The molecule has 0 atom stereocenters. The molecule has 0 saturated heterocycles. The average molecular weight is 327 g/mol. The van der Waals surface area contributed by atoms with Crippen LogP contribution in [-0.4, -0.2) is 10.5 Å². The molecule has 0 aliphatic heterocycles. The monoisotopic (exact) mass is 326 g/mol. The Labute approximate surface area is 120 Å². The van der Waals surface area contributed by atoms with Gasteiger partial charge in [0.05, 0.1) is 5.69 Å². The van der Waals surface area contributed by atoms with Crippen LogP contribution in [0.1, 0.15) is 26.5 Å². The van der Waals surface area contributed by atoms with Gasteiger partial charge in [-0.2, -0.15) is 0 Å². The fourth-order valence-electron chi connectivity index (χ4n) is 1.55. The molecule has 0 saturated carbocycles. The van der Waals surface area contributed by atoms with Crippen LogP contribution in [0.25, 0.3) is 11.5 Å². The second-order valence-electron chi connectivity index (χ2n) is 5.41. The zero-order valence-electron chi connectivity index (χ0n) is 11.1. The number of hydrogen-bond donors (Lipinski definition) is 1. The van der Waals surface area contributed by atoms with E-state index in [9.17, 15) is 4.39 Å². The van der Waals surface area contributed by atoms with Crippen LogP contribution < -0.4 is 5.32 Å². The van der Waals surface area contributed by atoms with Crippen LogP contribution in [0.5, 0.6) is 0 Å². The molecule has 0 amide bonds. The molecule has 0 bridgehead atoms. The number of hydrogen-bond acceptors (Lipinski definition) is 3. The highest BCUT2D eigenvalue weighted by Gasteiger charge is 2.12. The van der Waals surface area contributed by atoms with Crippen LogP contribution in [0.15, 0.2) is 33.4 Å². The number of nitrogens with zero attached hydrogens (tertiary/aromatic N) is 1. The first-order valence-corrected chi connectivity index (χ1v) is 6.79. The Balaban J connectivity index is 2.16. The smallest absolute Gasteiger partial charge is 0.226 e. The third-order valence-electron chi connectivity index (χ3n) is 2.46. The molecule has 1 heterocycles. The lowest BCUT2D eigenvalue weighted by Gasteiger charge is -2.19. The van der Waals surface area contributed by atoms with Gasteiger partial charge in [0.2, 0.25) is 5.89 Å². The number of nitrogens with one attached hydrogen (secondary N) is 1. The quantitative estimate of drug-likeness (QED) is 0.921. The van der Waals surface area contributed by atoms with Crippen LogP contribution in [0.4, 0.5) is 4.39 Å². The summed E-state index contributed by atoms with van der Waals surface area (Å²) >= 11 is 3.25. The van der Waals surface area contributed by atoms with Crippen molar-refractivity contribution in [3.05, 3.63) is 40.4 Å². The van der Waals surface area contributed by atoms with Crippen molar-refractivity contribution in [3.8, 4) is 11.5 Å². The highest BCUT2D eigenvalue weighted by atomic mass is 79.9. The number of benzene rings is 1. The lowest BCUT2D eigenvalue weighted by Crippen LogP contribution is -2.35. The molecular weight excluding hydrogens is 311 g/mol. The van der Waals surface area contributed by atoms with Crippen molar-refractivity contribution >= 4 is 15.9 Å². The zero-order chi connectivity index (χ0) is 14.0. The van der Waals surface area contributed by atoms with Crippen LogP contribution in [0.3, 0.4) is 0 Å². The molecule has 2 rings (SSSR count). The van der Waals surface area contributed by atoms with Crippen molar-refractivity contribution < 1.29 is 8.81 Å². The van der Waals surface area contributed by atoms with Gasteiger partial charge >= 0.3 is 0 Å². The average Bonchev–Trinajstić information content (AvgIpc) is 2.72. The highest BCUT2D eigenvalue weighted by Crippen LogP contribution is 2.24. The van der Waals surface area contributed by atoms with Crippen LogP contribution in [-0.2, 0) is 6.54 Å².